The molecule has 5 rings (SSSR count). The van der Waals surface area contributed by atoms with E-state index < -0.39 is 5.91 Å². The summed E-state index contributed by atoms with van der Waals surface area (Å²) in [6.45, 7) is 1.87. The smallest absolute Gasteiger partial charge is 0.277 e. The van der Waals surface area contributed by atoms with Crippen molar-refractivity contribution in [3.63, 3.8) is 0 Å². The van der Waals surface area contributed by atoms with Crippen molar-refractivity contribution in [3.8, 4) is 11.4 Å². The number of nitrogens with zero attached hydrogens (tertiary/aromatic N) is 6. The number of pyridine rings is 2. The van der Waals surface area contributed by atoms with Gasteiger partial charge in [-0.2, -0.15) is 0 Å². The molecule has 0 aliphatic carbocycles. The molecule has 1 atom stereocenters. The van der Waals surface area contributed by atoms with Crippen molar-refractivity contribution in [2.24, 2.45) is 0 Å². The van der Waals surface area contributed by atoms with Crippen molar-refractivity contribution in [2.45, 2.75) is 12.5 Å². The number of carbonyl (C=O) groups excluding carboxylic acids is 1. The summed E-state index contributed by atoms with van der Waals surface area (Å²) in [7, 11) is 0. The number of nitrogens with one attached hydrogen (secondary N) is 3. The number of rotatable bonds is 5. The molecule has 1 aliphatic rings. The Hall–Kier alpha value is -4.05. The van der Waals surface area contributed by atoms with E-state index in [1.807, 2.05) is 6.07 Å². The molecular weight excluding hydrogens is 394 g/mol. The summed E-state index contributed by atoms with van der Waals surface area (Å²) >= 11 is 0. The Bertz CT molecular complexity index is 1230. The van der Waals surface area contributed by atoms with Gasteiger partial charge in [0, 0.05) is 48.3 Å². The Kier molecular flexibility index (Phi) is 5.11. The van der Waals surface area contributed by atoms with Crippen molar-refractivity contribution >= 4 is 28.4 Å². The molecule has 4 aromatic rings. The van der Waals surface area contributed by atoms with Gasteiger partial charge in [-0.25, -0.2) is 19.9 Å². The van der Waals surface area contributed by atoms with E-state index in [2.05, 4.69) is 40.9 Å². The van der Waals surface area contributed by atoms with Gasteiger partial charge in [0.15, 0.2) is 5.82 Å². The fraction of sp³-hybridized carbons (Fsp3) is 0.190. The van der Waals surface area contributed by atoms with Gasteiger partial charge in [0.1, 0.15) is 17.3 Å². The van der Waals surface area contributed by atoms with Gasteiger partial charge in [0.2, 0.25) is 0 Å². The van der Waals surface area contributed by atoms with Gasteiger partial charge in [-0.3, -0.25) is 14.8 Å². The molecule has 5 heterocycles. The SMILES string of the molecule is O=C(Nc1cc(-c2nc(N[C@@H]3CCNC3)c3ccncc3n2)ccn1)c1cnccn1. The Balaban J connectivity index is 1.47. The van der Waals surface area contributed by atoms with Crippen molar-refractivity contribution in [3.05, 3.63) is 61.1 Å². The molecule has 0 bridgehead atoms. The van der Waals surface area contributed by atoms with Crippen LogP contribution in [0, 0.1) is 0 Å². The van der Waals surface area contributed by atoms with Gasteiger partial charge in [-0.15, -0.1) is 0 Å². The molecule has 0 unspecified atom stereocenters. The third kappa shape index (κ3) is 4.14. The van der Waals surface area contributed by atoms with Crippen LogP contribution in [-0.2, 0) is 0 Å². The predicted molar refractivity (Wildman–Crippen MR) is 115 cm³/mol. The molecule has 0 aromatic carbocycles. The van der Waals surface area contributed by atoms with E-state index in [9.17, 15) is 4.79 Å². The number of aromatic nitrogens is 6. The summed E-state index contributed by atoms with van der Waals surface area (Å²) in [5.74, 6) is 1.26. The topological polar surface area (TPSA) is 130 Å². The fourth-order valence-corrected chi connectivity index (χ4v) is 3.43. The first kappa shape index (κ1) is 18.9. The quantitative estimate of drug-likeness (QED) is 0.449. The van der Waals surface area contributed by atoms with Crippen LogP contribution >= 0.6 is 0 Å². The highest BCUT2D eigenvalue weighted by atomic mass is 16.1. The Labute approximate surface area is 177 Å². The predicted octanol–water partition coefficient (Wildman–Crippen LogP) is 1.90. The highest BCUT2D eigenvalue weighted by Gasteiger charge is 2.18. The van der Waals surface area contributed by atoms with Crippen molar-refractivity contribution < 1.29 is 4.79 Å². The lowest BCUT2D eigenvalue weighted by atomic mass is 10.2. The Morgan fingerprint density at radius 2 is 1.97 bits per heavy atom. The monoisotopic (exact) mass is 413 g/mol. The molecule has 4 aromatic heterocycles. The fourth-order valence-electron chi connectivity index (χ4n) is 3.43. The van der Waals surface area contributed by atoms with E-state index in [0.29, 0.717) is 17.7 Å². The van der Waals surface area contributed by atoms with Gasteiger partial charge in [0.25, 0.3) is 5.91 Å². The maximum atomic E-state index is 12.4. The normalized spacial score (nSPS) is 15.7. The van der Waals surface area contributed by atoms with E-state index in [0.717, 1.165) is 41.8 Å². The third-order valence-electron chi connectivity index (χ3n) is 4.96. The minimum absolute atomic E-state index is 0.208. The lowest BCUT2D eigenvalue weighted by molar-refractivity contribution is 0.102. The maximum absolute atomic E-state index is 12.4. The molecular formula is C21H19N9O. The molecule has 31 heavy (non-hydrogen) atoms. The number of hydrogen-bond acceptors (Lipinski definition) is 9. The number of carbonyl (C=O) groups is 1. The minimum Gasteiger partial charge on any atom is -0.365 e. The van der Waals surface area contributed by atoms with E-state index in [1.165, 1.54) is 18.6 Å². The highest BCUT2D eigenvalue weighted by molar-refractivity contribution is 6.02. The van der Waals surface area contributed by atoms with Gasteiger partial charge < -0.3 is 16.0 Å². The molecule has 1 aliphatic heterocycles. The standard InChI is InChI=1S/C21H19N9O/c31-21(17-12-24-7-8-25-17)29-18-9-13(1-6-26-18)19-28-16-11-23-5-3-15(16)20(30-19)27-14-2-4-22-10-14/h1,3,5-9,11-12,14,22H,2,4,10H2,(H,26,29,31)(H,27,28,30)/t14-/m1/s1. The van der Waals surface area contributed by atoms with Crippen molar-refractivity contribution in [1.82, 2.24) is 35.2 Å². The zero-order valence-corrected chi connectivity index (χ0v) is 16.5. The van der Waals surface area contributed by atoms with E-state index >= 15 is 0 Å². The molecule has 0 spiro atoms. The van der Waals surface area contributed by atoms with Gasteiger partial charge in [-0.1, -0.05) is 0 Å². The highest BCUT2D eigenvalue weighted by Crippen LogP contribution is 2.26. The molecule has 1 amide bonds. The largest absolute Gasteiger partial charge is 0.365 e. The molecule has 0 saturated carbocycles. The minimum atomic E-state index is -0.391. The zero-order valence-electron chi connectivity index (χ0n) is 16.5. The molecule has 1 fully saturated rings. The third-order valence-corrected chi connectivity index (χ3v) is 4.96. The van der Waals surface area contributed by atoms with Crippen LogP contribution in [0.25, 0.3) is 22.3 Å². The second-order valence-corrected chi connectivity index (χ2v) is 7.10. The van der Waals surface area contributed by atoms with Gasteiger partial charge in [0.05, 0.1) is 17.9 Å². The maximum Gasteiger partial charge on any atom is 0.277 e. The second kappa shape index (κ2) is 8.36. The van der Waals surface area contributed by atoms with Crippen LogP contribution in [0.15, 0.2) is 55.4 Å². The molecule has 0 radical (unpaired) electrons. The summed E-state index contributed by atoms with van der Waals surface area (Å²) in [5.41, 5.74) is 1.67. The van der Waals surface area contributed by atoms with Gasteiger partial charge in [-0.05, 0) is 31.2 Å². The number of amides is 1. The van der Waals surface area contributed by atoms with Crippen molar-refractivity contribution in [1.29, 1.82) is 0 Å². The number of fused-ring (bicyclic) bond motifs is 1. The van der Waals surface area contributed by atoms with Crippen molar-refractivity contribution in [2.75, 3.05) is 23.7 Å². The number of hydrogen-bond donors (Lipinski definition) is 3. The number of anilines is 2. The lowest BCUT2D eigenvalue weighted by Gasteiger charge is -2.15. The summed E-state index contributed by atoms with van der Waals surface area (Å²) in [6.07, 6.45) is 10.5. The van der Waals surface area contributed by atoms with Crippen LogP contribution < -0.4 is 16.0 Å². The first-order valence-corrected chi connectivity index (χ1v) is 9.89. The van der Waals surface area contributed by atoms with E-state index in [4.69, 9.17) is 4.98 Å². The second-order valence-electron chi connectivity index (χ2n) is 7.10. The van der Waals surface area contributed by atoms with Crippen LogP contribution in [0.1, 0.15) is 16.9 Å². The molecule has 1 saturated heterocycles. The van der Waals surface area contributed by atoms with E-state index in [1.54, 1.807) is 30.7 Å². The van der Waals surface area contributed by atoms with Crippen LogP contribution in [-0.4, -0.2) is 54.9 Å². The average molecular weight is 413 g/mol. The van der Waals surface area contributed by atoms with Crippen LogP contribution in [0.2, 0.25) is 0 Å². The summed E-state index contributed by atoms with van der Waals surface area (Å²) < 4.78 is 0. The first-order chi connectivity index (χ1) is 15.3. The molecule has 10 heteroatoms. The Morgan fingerprint density at radius 1 is 1.03 bits per heavy atom. The van der Waals surface area contributed by atoms with Crippen LogP contribution in [0.4, 0.5) is 11.6 Å². The average Bonchev–Trinajstić information content (AvgIpc) is 3.33. The molecule has 10 nitrogen and oxygen atoms in total. The summed E-state index contributed by atoms with van der Waals surface area (Å²) in [5, 5.41) is 10.5. The van der Waals surface area contributed by atoms with Crippen LogP contribution in [0.5, 0.6) is 0 Å². The summed E-state index contributed by atoms with van der Waals surface area (Å²) in [4.78, 5) is 38.2. The van der Waals surface area contributed by atoms with Crippen LogP contribution in [0.3, 0.4) is 0 Å². The Morgan fingerprint density at radius 3 is 2.81 bits per heavy atom. The molecule has 154 valence electrons. The summed E-state index contributed by atoms with van der Waals surface area (Å²) in [6, 6.07) is 5.74. The first-order valence-electron chi connectivity index (χ1n) is 9.89. The van der Waals surface area contributed by atoms with E-state index in [-0.39, 0.29) is 5.69 Å². The zero-order chi connectivity index (χ0) is 21.0. The van der Waals surface area contributed by atoms with Gasteiger partial charge >= 0.3 is 0 Å². The lowest BCUT2D eigenvalue weighted by Crippen LogP contribution is -2.23. The molecule has 3 N–H and O–H groups in total.